The van der Waals surface area contributed by atoms with Gasteiger partial charge in [-0.15, -0.1) is 11.3 Å². The Morgan fingerprint density at radius 2 is 2.15 bits per heavy atom. The molecule has 0 bridgehead atoms. The van der Waals surface area contributed by atoms with E-state index in [1.807, 2.05) is 0 Å². The quantitative estimate of drug-likeness (QED) is 0.379. The third-order valence-electron chi connectivity index (χ3n) is 3.63. The lowest BCUT2D eigenvalue weighted by molar-refractivity contribution is -0.384. The number of fused-ring (bicyclic) bond motifs is 1. The Morgan fingerprint density at radius 1 is 1.37 bits per heavy atom. The number of nitro benzene ring substituents is 1. The average molecular weight is 406 g/mol. The molecule has 0 saturated carbocycles. The third-order valence-corrected chi connectivity index (χ3v) is 5.29. The lowest BCUT2D eigenvalue weighted by Crippen LogP contribution is -2.16. The van der Waals surface area contributed by atoms with Crippen molar-refractivity contribution in [2.75, 3.05) is 7.11 Å². The molecular weight excluding hydrogens is 394 g/mol. The summed E-state index contributed by atoms with van der Waals surface area (Å²) in [6.45, 7) is 0. The Bertz CT molecular complexity index is 1080. The molecule has 0 aliphatic heterocycles. The van der Waals surface area contributed by atoms with E-state index in [1.165, 1.54) is 17.4 Å². The smallest absolute Gasteiger partial charge is 0.283 e. The molecule has 3 aromatic rings. The van der Waals surface area contributed by atoms with Crippen molar-refractivity contribution in [3.05, 3.63) is 62.0 Å². The minimum atomic E-state index is -0.597. The number of benzene rings is 2. The van der Waals surface area contributed by atoms with E-state index in [1.54, 1.807) is 25.3 Å². The summed E-state index contributed by atoms with van der Waals surface area (Å²) in [5, 5.41) is 25.3. The van der Waals surface area contributed by atoms with E-state index in [0.29, 0.717) is 16.2 Å². The maximum atomic E-state index is 12.3. The lowest BCUT2D eigenvalue weighted by atomic mass is 10.2. The normalized spacial score (nSPS) is 11.0. The zero-order valence-electron chi connectivity index (χ0n) is 13.8. The van der Waals surface area contributed by atoms with Crippen molar-refractivity contribution in [2.24, 2.45) is 5.10 Å². The fourth-order valence-corrected chi connectivity index (χ4v) is 3.72. The first-order valence-electron chi connectivity index (χ1n) is 7.47. The molecule has 1 aromatic heterocycles. The van der Waals surface area contributed by atoms with E-state index in [0.717, 1.165) is 23.0 Å². The molecule has 8 nitrogen and oxygen atoms in total. The number of hydrogen-bond donors (Lipinski definition) is 2. The summed E-state index contributed by atoms with van der Waals surface area (Å²) in [5.74, 6) is -0.0986. The first kappa shape index (κ1) is 18.6. The van der Waals surface area contributed by atoms with Crippen molar-refractivity contribution in [1.82, 2.24) is 5.43 Å². The monoisotopic (exact) mass is 405 g/mol. The molecule has 1 heterocycles. The van der Waals surface area contributed by atoms with Gasteiger partial charge >= 0.3 is 0 Å². The van der Waals surface area contributed by atoms with Crippen LogP contribution < -0.4 is 10.2 Å². The van der Waals surface area contributed by atoms with E-state index in [4.69, 9.17) is 16.3 Å². The number of nitrogens with zero attached hydrogens (tertiary/aromatic N) is 2. The van der Waals surface area contributed by atoms with Gasteiger partial charge in [-0.3, -0.25) is 14.9 Å². The maximum Gasteiger partial charge on any atom is 0.283 e. The highest BCUT2D eigenvalue weighted by Gasteiger charge is 2.17. The van der Waals surface area contributed by atoms with Crippen LogP contribution in [0.2, 0.25) is 5.02 Å². The number of amides is 1. The number of rotatable bonds is 5. The van der Waals surface area contributed by atoms with Crippen LogP contribution >= 0.6 is 22.9 Å². The third kappa shape index (κ3) is 3.83. The van der Waals surface area contributed by atoms with Gasteiger partial charge in [0, 0.05) is 27.8 Å². The van der Waals surface area contributed by atoms with Gasteiger partial charge in [-0.25, -0.2) is 5.43 Å². The minimum Gasteiger partial charge on any atom is -0.507 e. The number of carbonyl (C=O) groups excluding carboxylic acids is 1. The highest BCUT2D eigenvalue weighted by atomic mass is 35.5. The molecule has 0 spiro atoms. The number of halogens is 1. The number of aromatic hydroxyl groups is 1. The van der Waals surface area contributed by atoms with Crippen LogP contribution in [-0.2, 0) is 0 Å². The summed E-state index contributed by atoms with van der Waals surface area (Å²) >= 11 is 7.45. The summed E-state index contributed by atoms with van der Waals surface area (Å²) < 4.78 is 5.93. The molecule has 10 heteroatoms. The largest absolute Gasteiger partial charge is 0.507 e. The van der Waals surface area contributed by atoms with Gasteiger partial charge in [0.15, 0.2) is 0 Å². The number of non-ortho nitro benzene ring substituents is 1. The van der Waals surface area contributed by atoms with Crippen molar-refractivity contribution in [1.29, 1.82) is 0 Å². The fourth-order valence-electron chi connectivity index (χ4n) is 2.29. The van der Waals surface area contributed by atoms with Gasteiger partial charge in [-0.1, -0.05) is 11.6 Å². The average Bonchev–Trinajstić information content (AvgIpc) is 2.99. The van der Waals surface area contributed by atoms with Crippen LogP contribution in [0.15, 0.2) is 41.5 Å². The first-order chi connectivity index (χ1) is 12.9. The molecule has 0 aliphatic carbocycles. The molecule has 0 saturated heterocycles. The highest BCUT2D eigenvalue weighted by Crippen LogP contribution is 2.37. The number of ether oxygens (including phenoxy) is 1. The summed E-state index contributed by atoms with van der Waals surface area (Å²) in [6.07, 6.45) is 1.12. The predicted octanol–water partition coefficient (Wildman–Crippen LogP) is 3.94. The Morgan fingerprint density at radius 3 is 2.85 bits per heavy atom. The Hall–Kier alpha value is -3.17. The molecule has 27 heavy (non-hydrogen) atoms. The Kier molecular flexibility index (Phi) is 5.24. The van der Waals surface area contributed by atoms with Gasteiger partial charge in [0.2, 0.25) is 0 Å². The molecule has 0 unspecified atom stereocenters. The van der Waals surface area contributed by atoms with Crippen molar-refractivity contribution in [3.8, 4) is 11.5 Å². The number of nitrogens with one attached hydrogen (secondary N) is 1. The van der Waals surface area contributed by atoms with Crippen LogP contribution in [-0.4, -0.2) is 29.3 Å². The number of nitro groups is 1. The molecule has 2 N–H and O–H groups in total. The van der Waals surface area contributed by atoms with E-state index in [9.17, 15) is 20.0 Å². The van der Waals surface area contributed by atoms with Crippen LogP contribution in [0, 0.1) is 10.1 Å². The summed E-state index contributed by atoms with van der Waals surface area (Å²) in [4.78, 5) is 22.8. The van der Waals surface area contributed by atoms with Crippen LogP contribution in [0.25, 0.3) is 10.1 Å². The zero-order chi connectivity index (χ0) is 19.6. The van der Waals surface area contributed by atoms with Gasteiger partial charge in [0.25, 0.3) is 11.6 Å². The van der Waals surface area contributed by atoms with Crippen LogP contribution in [0.5, 0.6) is 11.5 Å². The van der Waals surface area contributed by atoms with E-state index < -0.39 is 10.8 Å². The number of thiophene rings is 1. The second-order valence-corrected chi connectivity index (χ2v) is 6.74. The van der Waals surface area contributed by atoms with Crippen molar-refractivity contribution >= 4 is 50.8 Å². The van der Waals surface area contributed by atoms with Crippen molar-refractivity contribution in [3.63, 3.8) is 0 Å². The second kappa shape index (κ2) is 7.60. The minimum absolute atomic E-state index is 0.0941. The predicted molar refractivity (Wildman–Crippen MR) is 103 cm³/mol. The van der Waals surface area contributed by atoms with Crippen LogP contribution in [0.4, 0.5) is 5.69 Å². The lowest BCUT2D eigenvalue weighted by Gasteiger charge is -2.00. The molecule has 2 aromatic carbocycles. The van der Waals surface area contributed by atoms with Crippen molar-refractivity contribution < 1.29 is 19.6 Å². The van der Waals surface area contributed by atoms with E-state index in [2.05, 4.69) is 10.5 Å². The topological polar surface area (TPSA) is 114 Å². The Labute approximate surface area is 161 Å². The van der Waals surface area contributed by atoms with Crippen LogP contribution in [0.1, 0.15) is 15.2 Å². The van der Waals surface area contributed by atoms with Crippen LogP contribution in [0.3, 0.4) is 0 Å². The number of methoxy groups -OCH3 is 1. The zero-order valence-corrected chi connectivity index (χ0v) is 15.4. The number of phenolic OH excluding ortho intramolecular Hbond substituents is 1. The number of phenols is 1. The second-order valence-electron chi connectivity index (χ2n) is 5.31. The molecule has 1 amide bonds. The maximum absolute atomic E-state index is 12.3. The molecule has 0 radical (unpaired) electrons. The molecule has 138 valence electrons. The van der Waals surface area contributed by atoms with Gasteiger partial charge < -0.3 is 9.84 Å². The molecule has 0 fully saturated rings. The fraction of sp³-hybridized carbons (Fsp3) is 0.0588. The first-order valence-corrected chi connectivity index (χ1v) is 8.67. The Balaban J connectivity index is 1.81. The molecular formula is C17H12ClN3O5S. The van der Waals surface area contributed by atoms with E-state index in [-0.39, 0.29) is 21.9 Å². The summed E-state index contributed by atoms with van der Waals surface area (Å²) in [5.41, 5.74) is 2.19. The standard InChI is InChI=1S/C17H12ClN3O5S/c1-26-11-3-4-12-14(7-11)27-16(15(12)18)17(23)20-19-8-9-6-10(21(24)25)2-5-13(9)22/h2-8,22H,1H3,(H,20,23). The number of hydrogen-bond acceptors (Lipinski definition) is 7. The molecule has 0 aliphatic rings. The number of carbonyl (C=O) groups is 1. The summed E-state index contributed by atoms with van der Waals surface area (Å²) in [6, 6.07) is 8.75. The summed E-state index contributed by atoms with van der Waals surface area (Å²) in [7, 11) is 1.54. The van der Waals surface area contributed by atoms with E-state index >= 15 is 0 Å². The van der Waals surface area contributed by atoms with Gasteiger partial charge in [-0.2, -0.15) is 5.10 Å². The number of hydrazone groups is 1. The highest BCUT2D eigenvalue weighted by molar-refractivity contribution is 7.21. The molecule has 0 atom stereocenters. The van der Waals surface area contributed by atoms with Gasteiger partial charge in [0.05, 0.1) is 23.3 Å². The van der Waals surface area contributed by atoms with Crippen molar-refractivity contribution in [2.45, 2.75) is 0 Å². The van der Waals surface area contributed by atoms with Gasteiger partial charge in [-0.05, 0) is 24.3 Å². The van der Waals surface area contributed by atoms with Gasteiger partial charge in [0.1, 0.15) is 16.4 Å². The SMILES string of the molecule is COc1ccc2c(Cl)c(C(=O)NN=Cc3cc([N+](=O)[O-])ccc3O)sc2c1. The molecule has 3 rings (SSSR count).